The highest BCUT2D eigenvalue weighted by Gasteiger charge is 2.15. The van der Waals surface area contributed by atoms with Crippen molar-refractivity contribution in [3.05, 3.63) is 0 Å². The van der Waals surface area contributed by atoms with Crippen LogP contribution >= 0.6 is 7.82 Å². The lowest BCUT2D eigenvalue weighted by molar-refractivity contribution is 0.0826. The second-order valence-electron chi connectivity index (χ2n) is 1.85. The summed E-state index contributed by atoms with van der Waals surface area (Å²) in [6.07, 6.45) is -0.382. The molecule has 1 unspecified atom stereocenters. The van der Waals surface area contributed by atoms with Gasteiger partial charge >= 0.3 is 7.82 Å². The molecule has 62 valence electrons. The van der Waals surface area contributed by atoms with Crippen LogP contribution in [0.25, 0.3) is 0 Å². The van der Waals surface area contributed by atoms with E-state index in [1.54, 1.807) is 6.92 Å². The number of aliphatic hydroxyl groups excluding tert-OH is 1. The van der Waals surface area contributed by atoms with Crippen molar-refractivity contribution < 1.29 is 24.0 Å². The summed E-state index contributed by atoms with van der Waals surface area (Å²) < 4.78 is 14.0. The third-order valence-corrected chi connectivity index (χ3v) is 1.39. The summed E-state index contributed by atoms with van der Waals surface area (Å²) in [7, 11) is -4.39. The smallest absolute Gasteiger partial charge is 0.391 e. The molecule has 1 atom stereocenters. The van der Waals surface area contributed by atoms with Gasteiger partial charge in [-0.3, -0.25) is 4.52 Å². The van der Waals surface area contributed by atoms with E-state index in [0.29, 0.717) is 6.42 Å². The third-order valence-electron chi connectivity index (χ3n) is 0.906. The minimum atomic E-state index is -4.39. The van der Waals surface area contributed by atoms with Gasteiger partial charge in [-0.25, -0.2) is 4.57 Å². The molecule has 0 aromatic heterocycles. The molecule has 0 aliphatic carbocycles. The summed E-state index contributed by atoms with van der Waals surface area (Å²) in [5.41, 5.74) is 0. The Balaban J connectivity index is 3.46. The van der Waals surface area contributed by atoms with Gasteiger partial charge < -0.3 is 14.9 Å². The highest BCUT2D eigenvalue weighted by molar-refractivity contribution is 7.46. The molecule has 10 heavy (non-hydrogen) atoms. The summed E-state index contributed by atoms with van der Waals surface area (Å²) in [6, 6.07) is 0. The molecule has 0 spiro atoms. The predicted molar refractivity (Wildman–Crippen MR) is 34.3 cm³/mol. The number of phosphoric acid groups is 1. The van der Waals surface area contributed by atoms with Gasteiger partial charge in [0, 0.05) is 0 Å². The fraction of sp³-hybridized carbons (Fsp3) is 1.00. The van der Waals surface area contributed by atoms with Crippen LogP contribution < -0.4 is 0 Å². The molecule has 0 fully saturated rings. The number of rotatable bonds is 4. The maximum Gasteiger partial charge on any atom is 0.469 e. The second kappa shape index (κ2) is 4.05. The molecule has 0 saturated heterocycles. The minimum Gasteiger partial charge on any atom is -0.391 e. The molecule has 0 aromatic rings. The zero-order valence-corrected chi connectivity index (χ0v) is 6.49. The quantitative estimate of drug-likeness (QED) is 0.511. The van der Waals surface area contributed by atoms with E-state index in [9.17, 15) is 4.57 Å². The predicted octanol–water partition coefficient (Wildman–Crippen LogP) is -0.133. The Morgan fingerprint density at radius 2 is 2.10 bits per heavy atom. The van der Waals surface area contributed by atoms with Gasteiger partial charge in [0.15, 0.2) is 0 Å². The first-order chi connectivity index (χ1) is 4.45. The van der Waals surface area contributed by atoms with Gasteiger partial charge in [0.05, 0.1) is 12.7 Å². The van der Waals surface area contributed by atoms with Crippen molar-refractivity contribution in [2.45, 2.75) is 19.4 Å². The van der Waals surface area contributed by atoms with Crippen molar-refractivity contribution in [1.82, 2.24) is 0 Å². The van der Waals surface area contributed by atoms with E-state index in [1.165, 1.54) is 0 Å². The molecule has 3 N–H and O–H groups in total. The van der Waals surface area contributed by atoms with Crippen LogP contribution in [0.2, 0.25) is 0 Å². The fourth-order valence-electron chi connectivity index (χ4n) is 0.301. The lowest BCUT2D eigenvalue weighted by Crippen LogP contribution is -2.12. The molecular formula is C4H11O5P. The average Bonchev–Trinajstić information content (AvgIpc) is 1.81. The van der Waals surface area contributed by atoms with Gasteiger partial charge in [-0.2, -0.15) is 0 Å². The van der Waals surface area contributed by atoms with Crippen LogP contribution in [0.5, 0.6) is 0 Å². The molecule has 0 aliphatic rings. The topological polar surface area (TPSA) is 87.0 Å². The fourth-order valence-corrected chi connectivity index (χ4v) is 0.667. The molecule has 0 aromatic carbocycles. The van der Waals surface area contributed by atoms with Crippen LogP contribution in [0.1, 0.15) is 13.3 Å². The number of hydrogen-bond acceptors (Lipinski definition) is 3. The SMILES string of the molecule is CCC(O)COP(=O)(O)O. The number of aliphatic hydroxyl groups is 1. The highest BCUT2D eigenvalue weighted by Crippen LogP contribution is 2.35. The minimum absolute atomic E-state index is 0.319. The first kappa shape index (κ1) is 10.1. The zero-order valence-electron chi connectivity index (χ0n) is 5.60. The molecule has 0 heterocycles. The lowest BCUT2D eigenvalue weighted by atomic mass is 10.3. The Labute approximate surface area is 58.9 Å². The van der Waals surface area contributed by atoms with E-state index >= 15 is 0 Å². The molecule has 0 radical (unpaired) electrons. The Kier molecular flexibility index (Phi) is 4.08. The van der Waals surface area contributed by atoms with Crippen LogP contribution in [0.4, 0.5) is 0 Å². The van der Waals surface area contributed by atoms with Crippen LogP contribution in [-0.4, -0.2) is 27.6 Å². The van der Waals surface area contributed by atoms with E-state index < -0.39 is 13.9 Å². The van der Waals surface area contributed by atoms with Crippen LogP contribution in [0.3, 0.4) is 0 Å². The first-order valence-electron chi connectivity index (χ1n) is 2.84. The van der Waals surface area contributed by atoms with Crippen LogP contribution in [0.15, 0.2) is 0 Å². The van der Waals surface area contributed by atoms with Crippen LogP contribution in [0, 0.1) is 0 Å². The maximum atomic E-state index is 10.0. The van der Waals surface area contributed by atoms with Crippen molar-refractivity contribution in [2.24, 2.45) is 0 Å². The van der Waals surface area contributed by atoms with E-state index in [4.69, 9.17) is 14.9 Å². The van der Waals surface area contributed by atoms with E-state index in [1.807, 2.05) is 0 Å². The molecule has 0 aliphatic heterocycles. The lowest BCUT2D eigenvalue weighted by Gasteiger charge is -2.08. The van der Waals surface area contributed by atoms with E-state index in [-0.39, 0.29) is 6.61 Å². The molecule has 5 nitrogen and oxygen atoms in total. The number of phosphoric ester groups is 1. The Bertz CT molecular complexity index is 130. The van der Waals surface area contributed by atoms with Gasteiger partial charge in [-0.05, 0) is 6.42 Å². The third kappa shape index (κ3) is 6.19. The van der Waals surface area contributed by atoms with Gasteiger partial charge in [0.25, 0.3) is 0 Å². The van der Waals surface area contributed by atoms with E-state index in [2.05, 4.69) is 4.52 Å². The molecule has 0 rings (SSSR count). The van der Waals surface area contributed by atoms with Gasteiger partial charge in [0.1, 0.15) is 0 Å². The summed E-state index contributed by atoms with van der Waals surface area (Å²) in [5.74, 6) is 0. The Morgan fingerprint density at radius 3 is 2.40 bits per heavy atom. The monoisotopic (exact) mass is 170 g/mol. The summed E-state index contributed by atoms with van der Waals surface area (Å²) in [4.78, 5) is 16.3. The molecular weight excluding hydrogens is 159 g/mol. The molecule has 0 amide bonds. The summed E-state index contributed by atoms with van der Waals surface area (Å²) >= 11 is 0. The summed E-state index contributed by atoms with van der Waals surface area (Å²) in [6.45, 7) is 1.37. The van der Waals surface area contributed by atoms with Crippen molar-refractivity contribution in [3.63, 3.8) is 0 Å². The average molecular weight is 170 g/mol. The molecule has 0 saturated carbocycles. The highest BCUT2D eigenvalue weighted by atomic mass is 31.2. The van der Waals surface area contributed by atoms with Crippen molar-refractivity contribution in [1.29, 1.82) is 0 Å². The Morgan fingerprint density at radius 1 is 1.60 bits per heavy atom. The molecule has 6 heteroatoms. The van der Waals surface area contributed by atoms with Crippen molar-refractivity contribution >= 4 is 7.82 Å². The largest absolute Gasteiger partial charge is 0.469 e. The maximum absolute atomic E-state index is 10.0. The Hall–Kier alpha value is 0.0700. The first-order valence-corrected chi connectivity index (χ1v) is 4.37. The van der Waals surface area contributed by atoms with Gasteiger partial charge in [-0.15, -0.1) is 0 Å². The second-order valence-corrected chi connectivity index (χ2v) is 3.09. The van der Waals surface area contributed by atoms with E-state index in [0.717, 1.165) is 0 Å². The zero-order chi connectivity index (χ0) is 8.20. The normalized spacial score (nSPS) is 15.2. The molecule has 0 bridgehead atoms. The van der Waals surface area contributed by atoms with Crippen molar-refractivity contribution in [2.75, 3.05) is 6.61 Å². The van der Waals surface area contributed by atoms with Crippen LogP contribution in [-0.2, 0) is 9.09 Å². The number of hydrogen-bond donors (Lipinski definition) is 3. The van der Waals surface area contributed by atoms with Gasteiger partial charge in [0.2, 0.25) is 0 Å². The standard InChI is InChI=1S/C4H11O5P/c1-2-4(5)3-9-10(6,7)8/h4-5H,2-3H2,1H3,(H2,6,7,8). The summed E-state index contributed by atoms with van der Waals surface area (Å²) in [5, 5.41) is 8.75. The van der Waals surface area contributed by atoms with Gasteiger partial charge in [-0.1, -0.05) is 6.92 Å². The van der Waals surface area contributed by atoms with Crippen molar-refractivity contribution in [3.8, 4) is 0 Å².